The van der Waals surface area contributed by atoms with Crippen LogP contribution in [0, 0.1) is 0 Å². The van der Waals surface area contributed by atoms with E-state index in [1.807, 2.05) is 0 Å². The summed E-state index contributed by atoms with van der Waals surface area (Å²) in [6.07, 6.45) is 0. The van der Waals surface area contributed by atoms with Crippen molar-refractivity contribution in [1.29, 1.82) is 0 Å². The second kappa shape index (κ2) is 4.97. The van der Waals surface area contributed by atoms with Gasteiger partial charge in [-0.2, -0.15) is 0 Å². The lowest BCUT2D eigenvalue weighted by molar-refractivity contribution is 0.0526. The maximum atomic E-state index is 11.4. The number of carbonyl (C=O) groups excluding carboxylic acids is 1. The number of thiazole rings is 1. The maximum absolute atomic E-state index is 11.4. The Kier molecular flexibility index (Phi) is 3.39. The summed E-state index contributed by atoms with van der Waals surface area (Å²) in [5, 5.41) is 11.3. The zero-order chi connectivity index (χ0) is 12.3. The number of phenolic OH excluding ortho intramolecular Hbond substituents is 1. The van der Waals surface area contributed by atoms with E-state index < -0.39 is 5.97 Å². The molecule has 0 fully saturated rings. The number of aromatic hydroxyl groups is 1. The van der Waals surface area contributed by atoms with Gasteiger partial charge in [0.25, 0.3) is 0 Å². The van der Waals surface area contributed by atoms with Gasteiger partial charge in [-0.3, -0.25) is 0 Å². The van der Waals surface area contributed by atoms with Crippen molar-refractivity contribution in [2.24, 2.45) is 0 Å². The van der Waals surface area contributed by atoms with Crippen molar-refractivity contribution in [2.45, 2.75) is 6.92 Å². The maximum Gasteiger partial charge on any atom is 0.367 e. The SMILES string of the molecule is CCOC(=O)c1nc(-c2ccc(O)cc2)cs1. The molecule has 0 aliphatic heterocycles. The van der Waals surface area contributed by atoms with Gasteiger partial charge in [-0.25, -0.2) is 9.78 Å². The van der Waals surface area contributed by atoms with Crippen molar-refractivity contribution in [3.8, 4) is 17.0 Å². The number of rotatable bonds is 3. The van der Waals surface area contributed by atoms with Gasteiger partial charge in [0, 0.05) is 10.9 Å². The Bertz CT molecular complexity index is 519. The molecule has 0 saturated heterocycles. The van der Waals surface area contributed by atoms with Crippen LogP contribution in [0.1, 0.15) is 16.7 Å². The van der Waals surface area contributed by atoms with Crippen LogP contribution in [0.25, 0.3) is 11.3 Å². The van der Waals surface area contributed by atoms with Gasteiger partial charge in [0.05, 0.1) is 12.3 Å². The van der Waals surface area contributed by atoms with Crippen molar-refractivity contribution in [3.63, 3.8) is 0 Å². The lowest BCUT2D eigenvalue weighted by Gasteiger charge is -1.97. The molecule has 17 heavy (non-hydrogen) atoms. The van der Waals surface area contributed by atoms with Crippen LogP contribution in [0.5, 0.6) is 5.75 Å². The number of carbonyl (C=O) groups is 1. The topological polar surface area (TPSA) is 59.4 Å². The number of benzene rings is 1. The molecule has 0 radical (unpaired) electrons. The fourth-order valence-corrected chi connectivity index (χ4v) is 2.04. The Morgan fingerprint density at radius 2 is 2.12 bits per heavy atom. The number of esters is 1. The van der Waals surface area contributed by atoms with Crippen LogP contribution in [-0.2, 0) is 4.74 Å². The zero-order valence-corrected chi connectivity index (χ0v) is 10.0. The molecule has 1 aromatic heterocycles. The summed E-state index contributed by atoms with van der Waals surface area (Å²) in [5.74, 6) is -0.197. The third-order valence-electron chi connectivity index (χ3n) is 2.12. The first-order valence-corrected chi connectivity index (χ1v) is 6.00. The number of phenols is 1. The average molecular weight is 249 g/mol. The standard InChI is InChI=1S/C12H11NO3S/c1-2-16-12(15)11-13-10(7-17-11)8-3-5-9(14)6-4-8/h3-7,14H,2H2,1H3. The highest BCUT2D eigenvalue weighted by Crippen LogP contribution is 2.24. The van der Waals surface area contributed by atoms with Crippen molar-refractivity contribution >= 4 is 17.3 Å². The predicted octanol–water partition coefficient (Wildman–Crippen LogP) is 2.69. The molecule has 0 amide bonds. The smallest absolute Gasteiger partial charge is 0.367 e. The minimum absolute atomic E-state index is 0.203. The lowest BCUT2D eigenvalue weighted by atomic mass is 10.2. The molecule has 0 spiro atoms. The molecule has 2 aromatic rings. The molecule has 4 nitrogen and oxygen atoms in total. The van der Waals surface area contributed by atoms with Crippen molar-refractivity contribution in [1.82, 2.24) is 4.98 Å². The Balaban J connectivity index is 2.23. The van der Waals surface area contributed by atoms with Gasteiger partial charge in [-0.1, -0.05) is 0 Å². The molecule has 1 N–H and O–H groups in total. The van der Waals surface area contributed by atoms with E-state index in [1.165, 1.54) is 11.3 Å². The third-order valence-corrected chi connectivity index (χ3v) is 2.94. The molecule has 0 atom stereocenters. The summed E-state index contributed by atoms with van der Waals surface area (Å²) < 4.78 is 4.87. The van der Waals surface area contributed by atoms with Gasteiger partial charge in [0.2, 0.25) is 5.01 Å². The summed E-state index contributed by atoms with van der Waals surface area (Å²) in [4.78, 5) is 15.6. The lowest BCUT2D eigenvalue weighted by Crippen LogP contribution is -2.03. The Labute approximate surface area is 103 Å². The Morgan fingerprint density at radius 1 is 1.41 bits per heavy atom. The van der Waals surface area contributed by atoms with E-state index in [4.69, 9.17) is 4.74 Å². The summed E-state index contributed by atoms with van der Waals surface area (Å²) in [6.45, 7) is 2.10. The molecular weight excluding hydrogens is 238 g/mol. The van der Waals surface area contributed by atoms with Crippen LogP contribution in [0.4, 0.5) is 0 Å². The minimum atomic E-state index is -0.400. The van der Waals surface area contributed by atoms with Crippen molar-refractivity contribution in [3.05, 3.63) is 34.7 Å². The van der Waals surface area contributed by atoms with Crippen molar-refractivity contribution in [2.75, 3.05) is 6.61 Å². The molecule has 0 saturated carbocycles. The van der Waals surface area contributed by atoms with Gasteiger partial charge in [0.1, 0.15) is 5.75 Å². The van der Waals surface area contributed by atoms with E-state index in [9.17, 15) is 9.90 Å². The van der Waals surface area contributed by atoms with Crippen LogP contribution < -0.4 is 0 Å². The molecular formula is C12H11NO3S. The number of hydrogen-bond donors (Lipinski definition) is 1. The van der Waals surface area contributed by atoms with Gasteiger partial charge in [0.15, 0.2) is 0 Å². The minimum Gasteiger partial charge on any atom is -0.508 e. The molecule has 88 valence electrons. The number of ether oxygens (including phenoxy) is 1. The van der Waals surface area contributed by atoms with E-state index in [2.05, 4.69) is 4.98 Å². The second-order valence-corrected chi connectivity index (χ2v) is 4.16. The average Bonchev–Trinajstić information content (AvgIpc) is 2.80. The normalized spacial score (nSPS) is 10.2. The van der Waals surface area contributed by atoms with Gasteiger partial charge >= 0.3 is 5.97 Å². The van der Waals surface area contributed by atoms with E-state index in [-0.39, 0.29) is 5.75 Å². The summed E-state index contributed by atoms with van der Waals surface area (Å²) in [7, 11) is 0. The molecule has 0 aliphatic rings. The highest BCUT2D eigenvalue weighted by Gasteiger charge is 2.12. The molecule has 0 aliphatic carbocycles. The molecule has 0 bridgehead atoms. The first kappa shape index (κ1) is 11.6. The highest BCUT2D eigenvalue weighted by atomic mass is 32.1. The number of aromatic nitrogens is 1. The monoisotopic (exact) mass is 249 g/mol. The fraction of sp³-hybridized carbons (Fsp3) is 0.167. The van der Waals surface area contributed by atoms with Crippen LogP contribution in [0.2, 0.25) is 0 Å². The zero-order valence-electron chi connectivity index (χ0n) is 9.21. The van der Waals surface area contributed by atoms with Crippen molar-refractivity contribution < 1.29 is 14.6 Å². The molecule has 2 rings (SSSR count). The predicted molar refractivity (Wildman–Crippen MR) is 65.2 cm³/mol. The van der Waals surface area contributed by atoms with E-state index in [0.717, 1.165) is 5.56 Å². The largest absolute Gasteiger partial charge is 0.508 e. The summed E-state index contributed by atoms with van der Waals surface area (Å²) >= 11 is 1.25. The Hall–Kier alpha value is -1.88. The molecule has 0 unspecified atom stereocenters. The Morgan fingerprint density at radius 3 is 2.76 bits per heavy atom. The van der Waals surface area contributed by atoms with Gasteiger partial charge in [-0.05, 0) is 31.2 Å². The van der Waals surface area contributed by atoms with Crippen LogP contribution >= 0.6 is 11.3 Å². The van der Waals surface area contributed by atoms with E-state index in [1.54, 1.807) is 36.6 Å². The quantitative estimate of drug-likeness (QED) is 0.850. The highest BCUT2D eigenvalue weighted by molar-refractivity contribution is 7.11. The van der Waals surface area contributed by atoms with Gasteiger partial charge in [-0.15, -0.1) is 11.3 Å². The van der Waals surface area contributed by atoms with Crippen LogP contribution in [-0.4, -0.2) is 22.7 Å². The first-order valence-electron chi connectivity index (χ1n) is 5.12. The van der Waals surface area contributed by atoms with E-state index in [0.29, 0.717) is 17.3 Å². The summed E-state index contributed by atoms with van der Waals surface area (Å²) in [6, 6.07) is 6.66. The molecule has 1 aromatic carbocycles. The molecule has 1 heterocycles. The van der Waals surface area contributed by atoms with Crippen LogP contribution in [0.15, 0.2) is 29.6 Å². The number of nitrogens with zero attached hydrogens (tertiary/aromatic N) is 1. The third kappa shape index (κ3) is 2.62. The first-order chi connectivity index (χ1) is 8.20. The van der Waals surface area contributed by atoms with E-state index >= 15 is 0 Å². The van der Waals surface area contributed by atoms with Crippen LogP contribution in [0.3, 0.4) is 0 Å². The number of hydrogen-bond acceptors (Lipinski definition) is 5. The molecule has 5 heteroatoms. The second-order valence-electron chi connectivity index (χ2n) is 3.31. The van der Waals surface area contributed by atoms with Gasteiger partial charge < -0.3 is 9.84 Å². The fourth-order valence-electron chi connectivity index (χ4n) is 1.33. The summed E-state index contributed by atoms with van der Waals surface area (Å²) in [5.41, 5.74) is 1.56.